The number of hydrogen-bond acceptors (Lipinski definition) is 4. The van der Waals surface area contributed by atoms with Gasteiger partial charge in [-0.15, -0.1) is 5.10 Å². The molecule has 0 N–H and O–H groups in total. The topological polar surface area (TPSA) is 52.8 Å². The molecule has 5 heteroatoms. The van der Waals surface area contributed by atoms with Gasteiger partial charge in [-0.05, 0) is 123 Å². The molecule has 0 saturated heterocycles. The maximum Gasteiger partial charge on any atom is 0.130 e. The van der Waals surface area contributed by atoms with E-state index in [9.17, 15) is 0 Å². The van der Waals surface area contributed by atoms with Crippen LogP contribution < -0.4 is 4.74 Å². The van der Waals surface area contributed by atoms with E-state index in [1.165, 1.54) is 55.6 Å². The molecule has 6 aromatic carbocycles. The average Bonchev–Trinajstić information content (AvgIpc) is 3.83. The van der Waals surface area contributed by atoms with Crippen molar-refractivity contribution in [2.45, 2.75) is 58.8 Å². The van der Waals surface area contributed by atoms with Gasteiger partial charge in [0, 0.05) is 17.8 Å². The second-order valence-electron chi connectivity index (χ2n) is 15.8. The Bertz CT molecular complexity index is 2670. The van der Waals surface area contributed by atoms with Crippen molar-refractivity contribution in [3.63, 3.8) is 0 Å². The molecule has 1 aliphatic rings. The van der Waals surface area contributed by atoms with E-state index < -0.39 is 5.41 Å². The predicted octanol–water partition coefficient (Wildman–Crippen LogP) is 13.0. The summed E-state index contributed by atoms with van der Waals surface area (Å²) in [7, 11) is 0. The Labute approximate surface area is 335 Å². The van der Waals surface area contributed by atoms with Crippen molar-refractivity contribution in [2.24, 2.45) is 0 Å². The molecule has 5 nitrogen and oxygen atoms in total. The monoisotopic (exact) mass is 742 g/mol. The van der Waals surface area contributed by atoms with Crippen LogP contribution in [0.5, 0.6) is 11.5 Å². The first-order valence-electron chi connectivity index (χ1n) is 19.9. The molecule has 57 heavy (non-hydrogen) atoms. The fourth-order valence-corrected chi connectivity index (χ4v) is 9.02. The van der Waals surface area contributed by atoms with Crippen LogP contribution in [-0.4, -0.2) is 20.0 Å². The number of fused-ring (bicyclic) bond motifs is 3. The molecule has 0 radical (unpaired) electrons. The number of hydrogen-bond donors (Lipinski definition) is 0. The minimum absolute atomic E-state index is 0.343. The SMILES string of the molecule is Cc1cccc(C)c1-c1cc(Oc2cccc(C3(c4ccccn4)c4ccccc4-c4ccccc43)c2)cc(-n2cc(-c3c(C(C)C)cccc3C(C)C)nn2)c1. The number of aromatic nitrogens is 4. The summed E-state index contributed by atoms with van der Waals surface area (Å²) in [5, 5.41) is 9.54. The van der Waals surface area contributed by atoms with Crippen molar-refractivity contribution in [3.8, 4) is 50.7 Å². The van der Waals surface area contributed by atoms with Gasteiger partial charge < -0.3 is 4.74 Å². The minimum Gasteiger partial charge on any atom is -0.457 e. The van der Waals surface area contributed by atoms with Crippen LogP contribution in [0.4, 0.5) is 0 Å². The van der Waals surface area contributed by atoms with Gasteiger partial charge in [-0.2, -0.15) is 0 Å². The number of pyridine rings is 1. The van der Waals surface area contributed by atoms with E-state index >= 15 is 0 Å². The third-order valence-electron chi connectivity index (χ3n) is 11.6. The van der Waals surface area contributed by atoms with Crippen LogP contribution in [0.1, 0.15) is 84.2 Å². The summed E-state index contributed by atoms with van der Waals surface area (Å²) < 4.78 is 8.84. The molecule has 0 saturated carbocycles. The Morgan fingerprint density at radius 2 is 1.21 bits per heavy atom. The lowest BCUT2D eigenvalue weighted by Crippen LogP contribution is -2.29. The molecule has 0 atom stereocenters. The quantitative estimate of drug-likeness (QED) is 0.148. The van der Waals surface area contributed by atoms with Crippen LogP contribution in [0.15, 0.2) is 158 Å². The van der Waals surface area contributed by atoms with Crippen LogP contribution in [0, 0.1) is 13.8 Å². The fourth-order valence-electron chi connectivity index (χ4n) is 9.02. The van der Waals surface area contributed by atoms with Crippen LogP contribution >= 0.6 is 0 Å². The molecule has 1 aliphatic carbocycles. The van der Waals surface area contributed by atoms with Gasteiger partial charge in [0.15, 0.2) is 0 Å². The molecular weight excluding hydrogens is 697 g/mol. The first kappa shape index (κ1) is 36.1. The molecular formula is C52H46N4O. The smallest absolute Gasteiger partial charge is 0.130 e. The van der Waals surface area contributed by atoms with Gasteiger partial charge >= 0.3 is 0 Å². The minimum atomic E-state index is -0.628. The van der Waals surface area contributed by atoms with Crippen molar-refractivity contribution in [1.29, 1.82) is 0 Å². The van der Waals surface area contributed by atoms with Crippen LogP contribution in [-0.2, 0) is 5.41 Å². The first-order valence-corrected chi connectivity index (χ1v) is 19.9. The summed E-state index contributed by atoms with van der Waals surface area (Å²) in [5.74, 6) is 2.13. The Kier molecular flexibility index (Phi) is 9.17. The van der Waals surface area contributed by atoms with Gasteiger partial charge in [-0.1, -0.05) is 136 Å². The first-order chi connectivity index (χ1) is 27.7. The zero-order chi connectivity index (χ0) is 39.3. The van der Waals surface area contributed by atoms with Gasteiger partial charge in [0.05, 0.1) is 23.0 Å². The molecule has 0 spiro atoms. The lowest BCUT2D eigenvalue weighted by atomic mass is 9.70. The zero-order valence-electron chi connectivity index (χ0n) is 33.4. The lowest BCUT2D eigenvalue weighted by molar-refractivity contribution is 0.480. The molecule has 0 amide bonds. The van der Waals surface area contributed by atoms with Gasteiger partial charge in [0.2, 0.25) is 0 Å². The number of ether oxygens (including phenoxy) is 1. The third kappa shape index (κ3) is 6.15. The highest BCUT2D eigenvalue weighted by atomic mass is 16.5. The maximum absolute atomic E-state index is 6.95. The van der Waals surface area contributed by atoms with E-state index in [0.29, 0.717) is 17.6 Å². The van der Waals surface area contributed by atoms with E-state index in [0.717, 1.165) is 34.0 Å². The van der Waals surface area contributed by atoms with Gasteiger partial charge in [-0.25, -0.2) is 4.68 Å². The van der Waals surface area contributed by atoms with Crippen LogP contribution in [0.25, 0.3) is 39.2 Å². The second kappa shape index (κ2) is 14.5. The number of nitrogens with zero attached hydrogens (tertiary/aromatic N) is 4. The van der Waals surface area contributed by atoms with Crippen molar-refractivity contribution < 1.29 is 4.74 Å². The average molecular weight is 743 g/mol. The molecule has 0 fully saturated rings. The van der Waals surface area contributed by atoms with E-state index in [1.807, 2.05) is 23.0 Å². The van der Waals surface area contributed by atoms with Crippen molar-refractivity contribution in [1.82, 2.24) is 20.0 Å². The van der Waals surface area contributed by atoms with Crippen molar-refractivity contribution in [2.75, 3.05) is 0 Å². The molecule has 0 aliphatic heterocycles. The van der Waals surface area contributed by atoms with E-state index in [4.69, 9.17) is 20.0 Å². The lowest BCUT2D eigenvalue weighted by Gasteiger charge is -2.32. The predicted molar refractivity (Wildman–Crippen MR) is 231 cm³/mol. The van der Waals surface area contributed by atoms with Crippen molar-refractivity contribution >= 4 is 0 Å². The number of benzene rings is 6. The largest absolute Gasteiger partial charge is 0.457 e. The Hall–Kier alpha value is -6.59. The highest BCUT2D eigenvalue weighted by molar-refractivity contribution is 5.86. The highest BCUT2D eigenvalue weighted by Crippen LogP contribution is 2.56. The summed E-state index contributed by atoms with van der Waals surface area (Å²) in [6.07, 6.45) is 3.95. The second-order valence-corrected chi connectivity index (χ2v) is 15.8. The molecule has 8 aromatic rings. The van der Waals surface area contributed by atoms with Gasteiger partial charge in [0.1, 0.15) is 17.2 Å². The van der Waals surface area contributed by atoms with E-state index in [-0.39, 0.29) is 0 Å². The van der Waals surface area contributed by atoms with Crippen molar-refractivity contribution in [3.05, 3.63) is 203 Å². The van der Waals surface area contributed by atoms with E-state index in [2.05, 4.69) is 181 Å². The highest BCUT2D eigenvalue weighted by Gasteiger charge is 2.47. The Morgan fingerprint density at radius 1 is 0.579 bits per heavy atom. The van der Waals surface area contributed by atoms with Gasteiger partial charge in [-0.3, -0.25) is 4.98 Å². The fraction of sp³-hybridized carbons (Fsp3) is 0.173. The molecule has 9 rings (SSSR count). The molecule has 2 aromatic heterocycles. The molecule has 2 heterocycles. The summed E-state index contributed by atoms with van der Waals surface area (Å²) >= 11 is 0. The van der Waals surface area contributed by atoms with Gasteiger partial charge in [0.25, 0.3) is 0 Å². The Morgan fingerprint density at radius 3 is 1.86 bits per heavy atom. The molecule has 0 unspecified atom stereocenters. The summed E-state index contributed by atoms with van der Waals surface area (Å²) in [6.45, 7) is 13.3. The summed E-state index contributed by atoms with van der Waals surface area (Å²) in [5.41, 5.74) is 16.4. The third-order valence-corrected chi connectivity index (χ3v) is 11.6. The standard InChI is InChI=1S/C52H46N4O/c1-33(2)42-22-15-23-43(34(3)4)51(42)48-32-56(55-54-48)39-28-37(50-35(5)16-13-17-36(50)6)29-41(31-39)57-40-19-14-18-38(30-40)52(49-26-11-12-27-53-49)46-24-9-7-20-44(46)45-21-8-10-25-47(45)52/h7-34H,1-6H3. The van der Waals surface area contributed by atoms with Crippen LogP contribution in [0.3, 0.4) is 0 Å². The number of aryl methyl sites for hydroxylation is 2. The Balaban J connectivity index is 1.19. The maximum atomic E-state index is 6.95. The zero-order valence-corrected chi connectivity index (χ0v) is 33.4. The molecule has 280 valence electrons. The summed E-state index contributed by atoms with van der Waals surface area (Å²) in [6, 6.07) is 51.6. The molecule has 0 bridgehead atoms. The number of rotatable bonds is 9. The van der Waals surface area contributed by atoms with E-state index in [1.54, 1.807) is 0 Å². The normalized spacial score (nSPS) is 12.8. The summed E-state index contributed by atoms with van der Waals surface area (Å²) in [4.78, 5) is 5.02. The van der Waals surface area contributed by atoms with Crippen LogP contribution in [0.2, 0.25) is 0 Å².